The third-order valence-corrected chi connectivity index (χ3v) is 0.635. The van der Waals surface area contributed by atoms with E-state index < -0.39 is 0 Å². The van der Waals surface area contributed by atoms with E-state index in [0.29, 0.717) is 0 Å². The molecule has 35 valence electrons. The Morgan fingerprint density at radius 1 is 1.71 bits per heavy atom. The largest absolute Gasteiger partial charge is 0.349 e. The van der Waals surface area contributed by atoms with Crippen LogP contribution in [0.4, 0.5) is 0 Å². The number of hydrogen-bond donors (Lipinski definition) is 1. The molecule has 0 saturated heterocycles. The molecule has 0 aliphatic carbocycles. The molecule has 0 aliphatic heterocycles. The first-order valence-electron chi connectivity index (χ1n) is 1.85. The molecule has 0 unspecified atom stereocenters. The van der Waals surface area contributed by atoms with E-state index in [4.69, 9.17) is 0 Å². The SMILES string of the molecule is Cc1ncc[nH]1.[B]. The first-order chi connectivity index (χ1) is 2.89. The van der Waals surface area contributed by atoms with E-state index in [1.165, 1.54) is 0 Å². The van der Waals surface area contributed by atoms with E-state index in [1.54, 1.807) is 12.4 Å². The predicted octanol–water partition coefficient (Wildman–Crippen LogP) is 0.337. The topological polar surface area (TPSA) is 28.7 Å². The molecule has 0 saturated carbocycles. The number of nitrogens with one attached hydrogen (secondary N) is 1. The van der Waals surface area contributed by atoms with E-state index in [9.17, 15) is 0 Å². The average Bonchev–Trinajstić information content (AvgIpc) is 1.86. The molecule has 0 aromatic carbocycles. The Balaban J connectivity index is 0.000000360. The summed E-state index contributed by atoms with van der Waals surface area (Å²) < 4.78 is 0. The second-order valence-corrected chi connectivity index (χ2v) is 1.17. The van der Waals surface area contributed by atoms with Gasteiger partial charge in [-0.25, -0.2) is 4.98 Å². The first kappa shape index (κ1) is 6.27. The fraction of sp³-hybridized carbons (Fsp3) is 0.250. The van der Waals surface area contributed by atoms with Gasteiger partial charge in [0.05, 0.1) is 0 Å². The monoisotopic (exact) mass is 93.1 g/mol. The highest BCUT2D eigenvalue weighted by Crippen LogP contribution is 1.78. The Kier molecular flexibility index (Phi) is 2.19. The smallest absolute Gasteiger partial charge is 0.102 e. The highest BCUT2D eigenvalue weighted by molar-refractivity contribution is 5.75. The number of hydrogen-bond acceptors (Lipinski definition) is 1. The zero-order valence-corrected chi connectivity index (χ0v) is 4.18. The molecule has 1 heterocycles. The minimum absolute atomic E-state index is 0. The van der Waals surface area contributed by atoms with Crippen molar-refractivity contribution in [1.29, 1.82) is 0 Å². The number of aryl methyl sites for hydroxylation is 1. The second-order valence-electron chi connectivity index (χ2n) is 1.17. The summed E-state index contributed by atoms with van der Waals surface area (Å²) in [5, 5.41) is 0. The van der Waals surface area contributed by atoms with Crippen LogP contribution in [-0.4, -0.2) is 18.4 Å². The number of aromatic amines is 1. The van der Waals surface area contributed by atoms with Gasteiger partial charge in [0.2, 0.25) is 0 Å². The lowest BCUT2D eigenvalue weighted by molar-refractivity contribution is 1.15. The Bertz CT molecular complexity index is 113. The number of imidazole rings is 1. The summed E-state index contributed by atoms with van der Waals surface area (Å²) in [5.74, 6) is 0.968. The van der Waals surface area contributed by atoms with Crippen molar-refractivity contribution in [3.05, 3.63) is 18.2 Å². The fourth-order valence-corrected chi connectivity index (χ4v) is 0.344. The van der Waals surface area contributed by atoms with Gasteiger partial charge < -0.3 is 4.98 Å². The van der Waals surface area contributed by atoms with E-state index in [-0.39, 0.29) is 8.41 Å². The molecule has 0 amide bonds. The van der Waals surface area contributed by atoms with Gasteiger partial charge in [0, 0.05) is 20.8 Å². The molecule has 1 aromatic heterocycles. The average molecular weight is 92.9 g/mol. The van der Waals surface area contributed by atoms with Crippen LogP contribution in [0.1, 0.15) is 5.82 Å². The van der Waals surface area contributed by atoms with Crippen molar-refractivity contribution < 1.29 is 0 Å². The van der Waals surface area contributed by atoms with Gasteiger partial charge in [-0.3, -0.25) is 0 Å². The van der Waals surface area contributed by atoms with Crippen molar-refractivity contribution in [3.63, 3.8) is 0 Å². The number of nitrogens with zero attached hydrogens (tertiary/aromatic N) is 1. The van der Waals surface area contributed by atoms with Crippen molar-refractivity contribution in [3.8, 4) is 0 Å². The van der Waals surface area contributed by atoms with Gasteiger partial charge in [-0.2, -0.15) is 0 Å². The van der Waals surface area contributed by atoms with Gasteiger partial charge in [0.1, 0.15) is 5.82 Å². The van der Waals surface area contributed by atoms with Crippen LogP contribution >= 0.6 is 0 Å². The molecule has 3 radical (unpaired) electrons. The van der Waals surface area contributed by atoms with Crippen LogP contribution < -0.4 is 0 Å². The molecule has 0 spiro atoms. The quantitative estimate of drug-likeness (QED) is 0.460. The standard InChI is InChI=1S/C4H6N2.B/c1-4-5-2-3-6-4;/h2-3H,1H3,(H,5,6);. The van der Waals surface area contributed by atoms with Crippen LogP contribution in [0.25, 0.3) is 0 Å². The molecule has 0 fully saturated rings. The Labute approximate surface area is 44.5 Å². The van der Waals surface area contributed by atoms with E-state index >= 15 is 0 Å². The lowest BCUT2D eigenvalue weighted by atomic mass is 10.8. The Morgan fingerprint density at radius 2 is 2.43 bits per heavy atom. The summed E-state index contributed by atoms with van der Waals surface area (Å²) in [6, 6.07) is 0. The lowest BCUT2D eigenvalue weighted by Gasteiger charge is -1.68. The second kappa shape index (κ2) is 2.45. The molecule has 1 rings (SSSR count). The number of aromatic nitrogens is 2. The van der Waals surface area contributed by atoms with E-state index in [0.717, 1.165) is 5.82 Å². The molecule has 2 nitrogen and oxygen atoms in total. The van der Waals surface area contributed by atoms with Gasteiger partial charge in [-0.15, -0.1) is 0 Å². The van der Waals surface area contributed by atoms with Gasteiger partial charge in [0.15, 0.2) is 0 Å². The fourth-order valence-electron chi connectivity index (χ4n) is 0.344. The molecule has 0 atom stereocenters. The highest BCUT2D eigenvalue weighted by atomic mass is 14.9. The first-order valence-corrected chi connectivity index (χ1v) is 1.85. The summed E-state index contributed by atoms with van der Waals surface area (Å²) in [7, 11) is 0. The molecule has 7 heavy (non-hydrogen) atoms. The van der Waals surface area contributed by atoms with Gasteiger partial charge in [-0.1, -0.05) is 0 Å². The predicted molar refractivity (Wildman–Crippen MR) is 29.1 cm³/mol. The lowest BCUT2D eigenvalue weighted by Crippen LogP contribution is -1.66. The molecular weight excluding hydrogens is 86.9 g/mol. The molecular formula is C4H6BN2. The van der Waals surface area contributed by atoms with Crippen molar-refractivity contribution in [2.75, 3.05) is 0 Å². The highest BCUT2D eigenvalue weighted by Gasteiger charge is 1.73. The maximum Gasteiger partial charge on any atom is 0.102 e. The van der Waals surface area contributed by atoms with Crippen molar-refractivity contribution >= 4 is 8.41 Å². The molecule has 0 aliphatic rings. The summed E-state index contributed by atoms with van der Waals surface area (Å²) in [6.07, 6.45) is 3.53. The zero-order valence-electron chi connectivity index (χ0n) is 4.18. The number of rotatable bonds is 0. The Hall–Kier alpha value is -0.725. The normalized spacial score (nSPS) is 7.57. The van der Waals surface area contributed by atoms with Crippen LogP contribution in [0.3, 0.4) is 0 Å². The van der Waals surface area contributed by atoms with Gasteiger partial charge in [-0.05, 0) is 6.92 Å². The van der Waals surface area contributed by atoms with Gasteiger partial charge in [0.25, 0.3) is 0 Å². The maximum atomic E-state index is 3.86. The van der Waals surface area contributed by atoms with Crippen LogP contribution in [0.2, 0.25) is 0 Å². The third-order valence-electron chi connectivity index (χ3n) is 0.635. The summed E-state index contributed by atoms with van der Waals surface area (Å²) in [6.45, 7) is 1.92. The molecule has 0 bridgehead atoms. The summed E-state index contributed by atoms with van der Waals surface area (Å²) in [4.78, 5) is 6.75. The molecule has 3 heteroatoms. The van der Waals surface area contributed by atoms with Gasteiger partial charge >= 0.3 is 0 Å². The summed E-state index contributed by atoms with van der Waals surface area (Å²) >= 11 is 0. The molecule has 1 N–H and O–H groups in total. The summed E-state index contributed by atoms with van der Waals surface area (Å²) in [5.41, 5.74) is 0. The molecule has 1 aromatic rings. The van der Waals surface area contributed by atoms with Crippen LogP contribution in [0.15, 0.2) is 12.4 Å². The minimum Gasteiger partial charge on any atom is -0.349 e. The minimum atomic E-state index is 0. The zero-order chi connectivity index (χ0) is 4.41. The van der Waals surface area contributed by atoms with E-state index in [2.05, 4.69) is 9.97 Å². The third kappa shape index (κ3) is 1.44. The van der Waals surface area contributed by atoms with Crippen LogP contribution in [-0.2, 0) is 0 Å². The van der Waals surface area contributed by atoms with Crippen LogP contribution in [0, 0.1) is 6.92 Å². The number of H-pyrrole nitrogens is 1. The van der Waals surface area contributed by atoms with Crippen molar-refractivity contribution in [2.24, 2.45) is 0 Å². The Morgan fingerprint density at radius 3 is 2.57 bits per heavy atom. The van der Waals surface area contributed by atoms with Crippen LogP contribution in [0.5, 0.6) is 0 Å². The van der Waals surface area contributed by atoms with Crippen molar-refractivity contribution in [2.45, 2.75) is 6.92 Å². The van der Waals surface area contributed by atoms with Crippen molar-refractivity contribution in [1.82, 2.24) is 9.97 Å². The van der Waals surface area contributed by atoms with E-state index in [1.807, 2.05) is 6.92 Å². The maximum absolute atomic E-state index is 3.86.